The van der Waals surface area contributed by atoms with Gasteiger partial charge in [0, 0.05) is 19.5 Å². The summed E-state index contributed by atoms with van der Waals surface area (Å²) in [6.45, 7) is 4.63. The summed E-state index contributed by atoms with van der Waals surface area (Å²) in [6, 6.07) is 12.5. The van der Waals surface area contributed by atoms with Gasteiger partial charge in [-0.05, 0) is 48.7 Å². The Morgan fingerprint density at radius 3 is 2.50 bits per heavy atom. The SMILES string of the molecule is CCCC(=O)N(Cc1ccc(OC)cc1)[C@@H](C)C(=O)NCc1ccc2c(c1)OCO2. The molecule has 0 saturated heterocycles. The molecular weight excluding hydrogens is 384 g/mol. The zero-order valence-corrected chi connectivity index (χ0v) is 17.6. The second-order valence-electron chi connectivity index (χ2n) is 7.20. The van der Waals surface area contributed by atoms with E-state index in [1.54, 1.807) is 18.9 Å². The van der Waals surface area contributed by atoms with Crippen LogP contribution in [0.1, 0.15) is 37.8 Å². The van der Waals surface area contributed by atoms with Crippen LogP contribution in [-0.4, -0.2) is 36.7 Å². The van der Waals surface area contributed by atoms with E-state index in [1.807, 2.05) is 49.4 Å². The third-order valence-electron chi connectivity index (χ3n) is 5.05. The largest absolute Gasteiger partial charge is 0.497 e. The molecule has 2 aromatic carbocycles. The van der Waals surface area contributed by atoms with Crippen LogP contribution in [0.2, 0.25) is 0 Å². The van der Waals surface area contributed by atoms with E-state index < -0.39 is 6.04 Å². The van der Waals surface area contributed by atoms with Crippen molar-refractivity contribution in [3.63, 3.8) is 0 Å². The van der Waals surface area contributed by atoms with Crippen LogP contribution in [0, 0.1) is 0 Å². The van der Waals surface area contributed by atoms with E-state index in [9.17, 15) is 9.59 Å². The first-order chi connectivity index (χ1) is 14.5. The van der Waals surface area contributed by atoms with Crippen molar-refractivity contribution in [2.75, 3.05) is 13.9 Å². The number of rotatable bonds is 9. The molecule has 2 aromatic rings. The zero-order valence-electron chi connectivity index (χ0n) is 17.6. The second kappa shape index (κ2) is 10.0. The lowest BCUT2D eigenvalue weighted by atomic mass is 10.1. The van der Waals surface area contributed by atoms with Gasteiger partial charge in [-0.1, -0.05) is 25.1 Å². The molecule has 1 atom stereocenters. The molecule has 2 amide bonds. The van der Waals surface area contributed by atoms with Gasteiger partial charge in [-0.2, -0.15) is 0 Å². The summed E-state index contributed by atoms with van der Waals surface area (Å²) >= 11 is 0. The maximum atomic E-state index is 12.8. The molecule has 1 aliphatic rings. The average molecular weight is 412 g/mol. The third-order valence-corrected chi connectivity index (χ3v) is 5.05. The number of ether oxygens (including phenoxy) is 3. The molecule has 7 nitrogen and oxygen atoms in total. The highest BCUT2D eigenvalue weighted by Gasteiger charge is 2.25. The first-order valence-electron chi connectivity index (χ1n) is 10.1. The van der Waals surface area contributed by atoms with Crippen LogP contribution in [0.15, 0.2) is 42.5 Å². The molecular formula is C23H28N2O5. The summed E-state index contributed by atoms with van der Waals surface area (Å²) in [4.78, 5) is 27.1. The average Bonchev–Trinajstić information content (AvgIpc) is 3.23. The maximum absolute atomic E-state index is 12.8. The van der Waals surface area contributed by atoms with Crippen molar-refractivity contribution in [1.82, 2.24) is 10.2 Å². The van der Waals surface area contributed by atoms with Crippen molar-refractivity contribution >= 4 is 11.8 Å². The van der Waals surface area contributed by atoms with Gasteiger partial charge in [0.1, 0.15) is 11.8 Å². The molecule has 160 valence electrons. The molecule has 0 radical (unpaired) electrons. The standard InChI is InChI=1S/C23H28N2O5/c1-4-5-22(26)25(14-17-6-9-19(28-3)10-7-17)16(2)23(27)24-13-18-8-11-20-21(12-18)30-15-29-20/h6-12,16H,4-5,13-15H2,1-3H3,(H,24,27)/t16-/m0/s1. The minimum atomic E-state index is -0.597. The van der Waals surface area contributed by atoms with E-state index in [0.29, 0.717) is 31.0 Å². The van der Waals surface area contributed by atoms with E-state index in [-0.39, 0.29) is 18.6 Å². The Hall–Kier alpha value is -3.22. The van der Waals surface area contributed by atoms with Gasteiger partial charge >= 0.3 is 0 Å². The van der Waals surface area contributed by atoms with Crippen molar-refractivity contribution in [2.24, 2.45) is 0 Å². The number of carbonyl (C=O) groups is 2. The number of hydrogen-bond acceptors (Lipinski definition) is 5. The van der Waals surface area contributed by atoms with E-state index >= 15 is 0 Å². The van der Waals surface area contributed by atoms with Gasteiger partial charge in [0.05, 0.1) is 7.11 Å². The summed E-state index contributed by atoms with van der Waals surface area (Å²) in [5, 5.41) is 2.92. The second-order valence-corrected chi connectivity index (χ2v) is 7.20. The van der Waals surface area contributed by atoms with Crippen LogP contribution in [0.3, 0.4) is 0 Å². The normalized spacial score (nSPS) is 12.9. The van der Waals surface area contributed by atoms with E-state index in [1.165, 1.54) is 0 Å². The van der Waals surface area contributed by atoms with Gasteiger partial charge in [-0.3, -0.25) is 9.59 Å². The Kier molecular flexibility index (Phi) is 7.17. The molecule has 0 bridgehead atoms. The predicted octanol–water partition coefficient (Wildman–Crippen LogP) is 3.26. The monoisotopic (exact) mass is 412 g/mol. The number of hydrogen-bond donors (Lipinski definition) is 1. The number of nitrogens with zero attached hydrogens (tertiary/aromatic N) is 1. The molecule has 3 rings (SSSR count). The molecule has 0 saturated carbocycles. The molecule has 0 spiro atoms. The Balaban J connectivity index is 1.65. The smallest absolute Gasteiger partial charge is 0.242 e. The van der Waals surface area contributed by atoms with Gasteiger partial charge in [-0.15, -0.1) is 0 Å². The predicted molar refractivity (Wildman–Crippen MR) is 112 cm³/mol. The summed E-state index contributed by atoms with van der Waals surface area (Å²) in [5.41, 5.74) is 1.84. The maximum Gasteiger partial charge on any atom is 0.242 e. The number of carbonyl (C=O) groups excluding carboxylic acids is 2. The van der Waals surface area contributed by atoms with E-state index in [4.69, 9.17) is 14.2 Å². The van der Waals surface area contributed by atoms with Gasteiger partial charge in [-0.25, -0.2) is 0 Å². The number of amides is 2. The lowest BCUT2D eigenvalue weighted by Gasteiger charge is -2.29. The van der Waals surface area contributed by atoms with Crippen molar-refractivity contribution < 1.29 is 23.8 Å². The Morgan fingerprint density at radius 1 is 1.10 bits per heavy atom. The van der Waals surface area contributed by atoms with Crippen molar-refractivity contribution in [3.8, 4) is 17.2 Å². The lowest BCUT2D eigenvalue weighted by molar-refractivity contribution is -0.140. The Labute approximate surface area is 176 Å². The number of methoxy groups -OCH3 is 1. The lowest BCUT2D eigenvalue weighted by Crippen LogP contribution is -2.47. The minimum Gasteiger partial charge on any atom is -0.497 e. The number of fused-ring (bicyclic) bond motifs is 1. The van der Waals surface area contributed by atoms with Crippen LogP contribution in [-0.2, 0) is 22.7 Å². The molecule has 1 aliphatic heterocycles. The number of nitrogens with one attached hydrogen (secondary N) is 1. The summed E-state index contributed by atoms with van der Waals surface area (Å²) in [7, 11) is 1.61. The summed E-state index contributed by atoms with van der Waals surface area (Å²) < 4.78 is 15.9. The Morgan fingerprint density at radius 2 is 1.80 bits per heavy atom. The van der Waals surface area contributed by atoms with Crippen LogP contribution >= 0.6 is 0 Å². The van der Waals surface area contributed by atoms with Gasteiger partial charge in [0.2, 0.25) is 18.6 Å². The Bertz CT molecular complexity index is 882. The quantitative estimate of drug-likeness (QED) is 0.684. The topological polar surface area (TPSA) is 77.1 Å². The fraction of sp³-hybridized carbons (Fsp3) is 0.391. The molecule has 1 N–H and O–H groups in total. The van der Waals surface area contributed by atoms with Gasteiger partial charge in [0.25, 0.3) is 0 Å². The zero-order chi connectivity index (χ0) is 21.5. The van der Waals surface area contributed by atoms with Gasteiger partial charge < -0.3 is 24.4 Å². The fourth-order valence-electron chi connectivity index (χ4n) is 3.26. The number of benzene rings is 2. The highest BCUT2D eigenvalue weighted by molar-refractivity contribution is 5.87. The van der Waals surface area contributed by atoms with E-state index in [0.717, 1.165) is 23.3 Å². The fourth-order valence-corrected chi connectivity index (χ4v) is 3.26. The highest BCUT2D eigenvalue weighted by atomic mass is 16.7. The molecule has 0 unspecified atom stereocenters. The molecule has 0 aromatic heterocycles. The van der Waals surface area contributed by atoms with Crippen molar-refractivity contribution in [2.45, 2.75) is 45.8 Å². The van der Waals surface area contributed by atoms with E-state index in [2.05, 4.69) is 5.32 Å². The van der Waals surface area contributed by atoms with Gasteiger partial charge in [0.15, 0.2) is 11.5 Å². The van der Waals surface area contributed by atoms with Crippen LogP contribution in [0.25, 0.3) is 0 Å². The summed E-state index contributed by atoms with van der Waals surface area (Å²) in [6.07, 6.45) is 1.12. The third kappa shape index (κ3) is 5.23. The van der Waals surface area contributed by atoms with Crippen molar-refractivity contribution in [1.29, 1.82) is 0 Å². The molecule has 1 heterocycles. The van der Waals surface area contributed by atoms with Crippen LogP contribution in [0.5, 0.6) is 17.2 Å². The summed E-state index contributed by atoms with van der Waals surface area (Å²) in [5.74, 6) is 1.88. The van der Waals surface area contributed by atoms with Crippen molar-refractivity contribution in [3.05, 3.63) is 53.6 Å². The van der Waals surface area contributed by atoms with Crippen LogP contribution in [0.4, 0.5) is 0 Å². The molecule has 0 fully saturated rings. The molecule has 30 heavy (non-hydrogen) atoms. The molecule has 0 aliphatic carbocycles. The highest BCUT2D eigenvalue weighted by Crippen LogP contribution is 2.32. The first kappa shape index (κ1) is 21.5. The first-order valence-corrected chi connectivity index (χ1v) is 10.1. The molecule has 7 heteroatoms. The minimum absolute atomic E-state index is 0.0425. The van der Waals surface area contributed by atoms with Crippen LogP contribution < -0.4 is 19.5 Å².